The molecule has 88 valence electrons. The number of carbonyl (C=O) groups is 1. The molecule has 2 atom stereocenters. The van der Waals surface area contributed by atoms with E-state index in [0.717, 1.165) is 22.8 Å². The smallest absolute Gasteiger partial charge is 0.130 e. The van der Waals surface area contributed by atoms with Gasteiger partial charge in [-0.2, -0.15) is 0 Å². The van der Waals surface area contributed by atoms with Crippen molar-refractivity contribution in [3.05, 3.63) is 34.5 Å². The fourth-order valence-corrected chi connectivity index (χ4v) is 2.53. The van der Waals surface area contributed by atoms with Gasteiger partial charge in [-0.3, -0.25) is 0 Å². The Balaban J connectivity index is 2.85. The maximum Gasteiger partial charge on any atom is 0.130 e. The Bertz CT molecular complexity index is 357. The van der Waals surface area contributed by atoms with Gasteiger partial charge in [0, 0.05) is 23.1 Å². The number of nitrogens with one attached hydrogen (secondary N) is 1. The van der Waals surface area contributed by atoms with Crippen LogP contribution in [0.1, 0.15) is 20.3 Å². The van der Waals surface area contributed by atoms with Gasteiger partial charge in [-0.25, -0.2) is 0 Å². The second kappa shape index (κ2) is 5.48. The van der Waals surface area contributed by atoms with Crippen molar-refractivity contribution in [2.45, 2.75) is 20.3 Å². The molecule has 0 aromatic rings. The lowest BCUT2D eigenvalue weighted by atomic mass is 9.72. The minimum absolute atomic E-state index is 0.215. The average Bonchev–Trinajstić information content (AvgIpc) is 2.23. The van der Waals surface area contributed by atoms with Gasteiger partial charge in [0.05, 0.1) is 0 Å². The Morgan fingerprint density at radius 3 is 2.94 bits per heavy atom. The summed E-state index contributed by atoms with van der Waals surface area (Å²) in [5.74, 6) is 0.215. The molecule has 1 rings (SSSR count). The van der Waals surface area contributed by atoms with Crippen molar-refractivity contribution < 1.29 is 4.79 Å². The maximum absolute atomic E-state index is 11.2. The third-order valence-corrected chi connectivity index (χ3v) is 3.45. The molecule has 0 fully saturated rings. The van der Waals surface area contributed by atoms with Crippen molar-refractivity contribution in [3.63, 3.8) is 0 Å². The first-order valence-corrected chi connectivity index (χ1v) is 6.17. The summed E-state index contributed by atoms with van der Waals surface area (Å²) in [6, 6.07) is 0. The first-order chi connectivity index (χ1) is 7.51. The Hall–Kier alpha value is -0.830. The molecule has 0 spiro atoms. The molecule has 0 heterocycles. The molecule has 0 aliphatic heterocycles. The van der Waals surface area contributed by atoms with E-state index in [4.69, 9.17) is 0 Å². The summed E-state index contributed by atoms with van der Waals surface area (Å²) in [4.78, 5) is 11.2. The van der Waals surface area contributed by atoms with Crippen LogP contribution in [0.3, 0.4) is 0 Å². The van der Waals surface area contributed by atoms with Crippen molar-refractivity contribution in [2.75, 3.05) is 7.05 Å². The Labute approximate surface area is 106 Å². The molecule has 1 aliphatic carbocycles. The summed E-state index contributed by atoms with van der Waals surface area (Å²) < 4.78 is 1.07. The van der Waals surface area contributed by atoms with Gasteiger partial charge in [0.25, 0.3) is 0 Å². The predicted octanol–water partition coefficient (Wildman–Crippen LogP) is 3.17. The van der Waals surface area contributed by atoms with Crippen LogP contribution in [0.2, 0.25) is 0 Å². The van der Waals surface area contributed by atoms with E-state index < -0.39 is 0 Å². The summed E-state index contributed by atoms with van der Waals surface area (Å²) in [6.45, 7) is 4.00. The SMILES string of the molecule is CN/C=C(/Br)CC1C=CC(C)=CC1(C)C=O. The minimum atomic E-state index is -0.389. The third-order valence-electron chi connectivity index (χ3n) is 2.90. The Morgan fingerprint density at radius 1 is 1.69 bits per heavy atom. The van der Waals surface area contributed by atoms with E-state index in [2.05, 4.69) is 33.4 Å². The number of halogens is 1. The zero-order chi connectivity index (χ0) is 12.2. The second-order valence-electron chi connectivity index (χ2n) is 4.42. The fraction of sp³-hybridized carbons (Fsp3) is 0.462. The molecule has 3 heteroatoms. The third kappa shape index (κ3) is 3.08. The highest BCUT2D eigenvalue weighted by Crippen LogP contribution is 2.38. The second-order valence-corrected chi connectivity index (χ2v) is 5.44. The molecule has 1 N–H and O–H groups in total. The molecule has 0 saturated heterocycles. The molecule has 16 heavy (non-hydrogen) atoms. The van der Waals surface area contributed by atoms with E-state index in [9.17, 15) is 4.79 Å². The lowest BCUT2D eigenvalue weighted by molar-refractivity contribution is -0.114. The van der Waals surface area contributed by atoms with Gasteiger partial charge in [-0.1, -0.05) is 39.7 Å². The van der Waals surface area contributed by atoms with Crippen molar-refractivity contribution in [1.29, 1.82) is 0 Å². The van der Waals surface area contributed by atoms with Crippen LogP contribution in [-0.4, -0.2) is 13.3 Å². The lowest BCUT2D eigenvalue weighted by Crippen LogP contribution is -2.28. The van der Waals surface area contributed by atoms with E-state index in [1.165, 1.54) is 0 Å². The average molecular weight is 284 g/mol. The predicted molar refractivity (Wildman–Crippen MR) is 71.2 cm³/mol. The van der Waals surface area contributed by atoms with E-state index in [1.807, 2.05) is 33.2 Å². The van der Waals surface area contributed by atoms with Gasteiger partial charge in [-0.05, 0) is 26.2 Å². The van der Waals surface area contributed by atoms with Crippen molar-refractivity contribution in [3.8, 4) is 0 Å². The molecule has 0 aromatic heterocycles. The van der Waals surface area contributed by atoms with E-state index in [1.54, 1.807) is 0 Å². The highest BCUT2D eigenvalue weighted by Gasteiger charge is 2.32. The highest BCUT2D eigenvalue weighted by molar-refractivity contribution is 9.11. The van der Waals surface area contributed by atoms with Gasteiger partial charge < -0.3 is 10.1 Å². The molecule has 1 aliphatic rings. The number of rotatable bonds is 4. The van der Waals surface area contributed by atoms with Crippen molar-refractivity contribution in [2.24, 2.45) is 11.3 Å². The molecule has 0 amide bonds. The standard InChI is InChI=1S/C13H18BrNO/c1-10-4-5-11(6-12(14)8-15-3)13(2,7-10)9-16/h4-5,7-9,11,15H,6H2,1-3H3/b12-8+. The number of aldehydes is 1. The van der Waals surface area contributed by atoms with Gasteiger partial charge in [0.1, 0.15) is 6.29 Å². The van der Waals surface area contributed by atoms with Crippen LogP contribution in [0, 0.1) is 11.3 Å². The van der Waals surface area contributed by atoms with Gasteiger partial charge in [0.15, 0.2) is 0 Å². The monoisotopic (exact) mass is 283 g/mol. The number of carbonyl (C=O) groups excluding carboxylic acids is 1. The molecule has 0 aromatic carbocycles. The van der Waals surface area contributed by atoms with E-state index in [-0.39, 0.29) is 11.3 Å². The van der Waals surface area contributed by atoms with Crippen LogP contribution in [-0.2, 0) is 4.79 Å². The van der Waals surface area contributed by atoms with Gasteiger partial charge in [-0.15, -0.1) is 0 Å². The van der Waals surface area contributed by atoms with Gasteiger partial charge >= 0.3 is 0 Å². The molecular formula is C13H18BrNO. The van der Waals surface area contributed by atoms with Gasteiger partial charge in [0.2, 0.25) is 0 Å². The first-order valence-electron chi connectivity index (χ1n) is 5.37. The zero-order valence-corrected chi connectivity index (χ0v) is 11.5. The summed E-state index contributed by atoms with van der Waals surface area (Å²) in [6.07, 6.45) is 10.0. The quantitative estimate of drug-likeness (QED) is 0.803. The molecule has 2 nitrogen and oxygen atoms in total. The highest BCUT2D eigenvalue weighted by atomic mass is 79.9. The van der Waals surface area contributed by atoms with Crippen LogP contribution < -0.4 is 5.32 Å². The first kappa shape index (κ1) is 13.2. The molecular weight excluding hydrogens is 266 g/mol. The number of hydrogen-bond acceptors (Lipinski definition) is 2. The summed E-state index contributed by atoms with van der Waals surface area (Å²) in [7, 11) is 1.86. The fourth-order valence-electron chi connectivity index (χ4n) is 1.96. The van der Waals surface area contributed by atoms with Crippen molar-refractivity contribution >= 4 is 22.2 Å². The number of hydrogen-bond donors (Lipinski definition) is 1. The van der Waals surface area contributed by atoms with Crippen LogP contribution in [0.25, 0.3) is 0 Å². The summed E-state index contributed by atoms with van der Waals surface area (Å²) >= 11 is 3.50. The van der Waals surface area contributed by atoms with Crippen LogP contribution in [0.5, 0.6) is 0 Å². The molecule has 0 radical (unpaired) electrons. The molecule has 0 saturated carbocycles. The number of allylic oxidation sites excluding steroid dienone is 5. The van der Waals surface area contributed by atoms with Crippen LogP contribution >= 0.6 is 15.9 Å². The minimum Gasteiger partial charge on any atom is -0.393 e. The molecule has 0 bridgehead atoms. The molecule has 2 unspecified atom stereocenters. The van der Waals surface area contributed by atoms with E-state index in [0.29, 0.717) is 0 Å². The largest absolute Gasteiger partial charge is 0.393 e. The van der Waals surface area contributed by atoms with Crippen molar-refractivity contribution in [1.82, 2.24) is 5.32 Å². The zero-order valence-electron chi connectivity index (χ0n) is 9.96. The van der Waals surface area contributed by atoms with Crippen LogP contribution in [0.4, 0.5) is 0 Å². The maximum atomic E-state index is 11.2. The Morgan fingerprint density at radius 2 is 2.38 bits per heavy atom. The lowest BCUT2D eigenvalue weighted by Gasteiger charge is -2.31. The Kier molecular flexibility index (Phi) is 4.54. The summed E-state index contributed by atoms with van der Waals surface area (Å²) in [5, 5.41) is 2.97. The van der Waals surface area contributed by atoms with Crippen LogP contribution in [0.15, 0.2) is 34.5 Å². The van der Waals surface area contributed by atoms with E-state index >= 15 is 0 Å². The topological polar surface area (TPSA) is 29.1 Å². The summed E-state index contributed by atoms with van der Waals surface area (Å²) in [5.41, 5.74) is 0.763. The normalized spacial score (nSPS) is 29.9.